The van der Waals surface area contributed by atoms with Crippen LogP contribution in [0.4, 0.5) is 0 Å². The van der Waals surface area contributed by atoms with Crippen molar-refractivity contribution in [1.29, 1.82) is 5.26 Å². The second-order valence-corrected chi connectivity index (χ2v) is 5.93. The van der Waals surface area contributed by atoms with E-state index in [1.54, 1.807) is 0 Å². The van der Waals surface area contributed by atoms with Gasteiger partial charge in [-0.25, -0.2) is 4.79 Å². The number of esters is 1. The standard InChI is InChI=1S/C19H25N3O4/c1-14(23)21-17(13-15-9-5-3-6-10-15)18(24)22-16(19(25)26-2)11-7-4-8-12-20/h3,5-6,9-10,16-17H,4,7-8,11,13H2,1-2H3,(H,21,23)(H,22,24)/t16-,17+/m0/s1. The molecule has 140 valence electrons. The predicted octanol–water partition coefficient (Wildman–Crippen LogP) is 1.48. The zero-order valence-electron chi connectivity index (χ0n) is 15.2. The van der Waals surface area contributed by atoms with E-state index in [0.717, 1.165) is 5.56 Å². The molecule has 0 saturated heterocycles. The molecule has 7 nitrogen and oxygen atoms in total. The Kier molecular flexibility index (Phi) is 9.47. The van der Waals surface area contributed by atoms with Crippen LogP contribution in [-0.2, 0) is 25.5 Å². The minimum absolute atomic E-state index is 0.314. The lowest BCUT2D eigenvalue weighted by Crippen LogP contribution is -2.52. The smallest absolute Gasteiger partial charge is 0.328 e. The number of unbranched alkanes of at least 4 members (excludes halogenated alkanes) is 2. The Morgan fingerprint density at radius 3 is 2.38 bits per heavy atom. The number of benzene rings is 1. The molecule has 26 heavy (non-hydrogen) atoms. The van der Waals surface area contributed by atoms with Gasteiger partial charge in [0.15, 0.2) is 0 Å². The van der Waals surface area contributed by atoms with Gasteiger partial charge in [-0.3, -0.25) is 9.59 Å². The highest BCUT2D eigenvalue weighted by atomic mass is 16.5. The Hall–Kier alpha value is -2.88. The summed E-state index contributed by atoms with van der Waals surface area (Å²) in [4.78, 5) is 36.0. The first-order valence-electron chi connectivity index (χ1n) is 8.54. The summed E-state index contributed by atoms with van der Waals surface area (Å²) in [5.41, 5.74) is 0.894. The minimum atomic E-state index is -0.807. The summed E-state index contributed by atoms with van der Waals surface area (Å²) in [6.45, 7) is 1.34. The molecular formula is C19H25N3O4. The van der Waals surface area contributed by atoms with Gasteiger partial charge >= 0.3 is 5.97 Å². The second-order valence-electron chi connectivity index (χ2n) is 5.93. The zero-order valence-corrected chi connectivity index (χ0v) is 15.2. The average molecular weight is 359 g/mol. The van der Waals surface area contributed by atoms with Gasteiger partial charge in [0.05, 0.1) is 13.2 Å². The van der Waals surface area contributed by atoms with Gasteiger partial charge in [-0.2, -0.15) is 5.26 Å². The fraction of sp³-hybridized carbons (Fsp3) is 0.474. The highest BCUT2D eigenvalue weighted by molar-refractivity contribution is 5.90. The summed E-state index contributed by atoms with van der Waals surface area (Å²) in [7, 11) is 1.26. The van der Waals surface area contributed by atoms with Gasteiger partial charge in [-0.15, -0.1) is 0 Å². The molecule has 0 saturated carbocycles. The molecule has 0 radical (unpaired) electrons. The van der Waals surface area contributed by atoms with Crippen molar-refractivity contribution in [1.82, 2.24) is 10.6 Å². The average Bonchev–Trinajstić information content (AvgIpc) is 2.63. The lowest BCUT2D eigenvalue weighted by molar-refractivity contribution is -0.145. The van der Waals surface area contributed by atoms with Crippen molar-refractivity contribution in [3.8, 4) is 6.07 Å². The molecule has 0 spiro atoms. The van der Waals surface area contributed by atoms with E-state index in [0.29, 0.717) is 32.1 Å². The molecule has 0 fully saturated rings. The molecule has 2 N–H and O–H groups in total. The summed E-state index contributed by atoms with van der Waals surface area (Å²) in [6.07, 6.45) is 2.33. The lowest BCUT2D eigenvalue weighted by Gasteiger charge is -2.22. The Morgan fingerprint density at radius 1 is 1.12 bits per heavy atom. The van der Waals surface area contributed by atoms with E-state index in [9.17, 15) is 14.4 Å². The minimum Gasteiger partial charge on any atom is -0.467 e. The number of hydrogen-bond donors (Lipinski definition) is 2. The molecule has 0 bridgehead atoms. The first-order valence-corrected chi connectivity index (χ1v) is 8.54. The molecule has 2 atom stereocenters. The first-order chi connectivity index (χ1) is 12.5. The van der Waals surface area contributed by atoms with E-state index in [-0.39, 0.29) is 5.91 Å². The number of carbonyl (C=O) groups excluding carboxylic acids is 3. The Balaban J connectivity index is 2.77. The molecule has 0 aromatic heterocycles. The quantitative estimate of drug-likeness (QED) is 0.486. The van der Waals surface area contributed by atoms with Crippen molar-refractivity contribution in [2.75, 3.05) is 7.11 Å². The Morgan fingerprint density at radius 2 is 1.81 bits per heavy atom. The van der Waals surface area contributed by atoms with Gasteiger partial charge in [-0.05, 0) is 24.8 Å². The van der Waals surface area contributed by atoms with E-state index in [2.05, 4.69) is 10.6 Å². The summed E-state index contributed by atoms with van der Waals surface area (Å²) in [5.74, 6) is -1.32. The van der Waals surface area contributed by atoms with E-state index in [1.807, 2.05) is 36.4 Å². The summed E-state index contributed by atoms with van der Waals surface area (Å²) >= 11 is 0. The van der Waals surface area contributed by atoms with Gasteiger partial charge in [0, 0.05) is 19.8 Å². The lowest BCUT2D eigenvalue weighted by atomic mass is 10.0. The molecule has 1 rings (SSSR count). The van der Waals surface area contributed by atoms with Gasteiger partial charge in [-0.1, -0.05) is 30.3 Å². The second kappa shape index (κ2) is 11.6. The van der Waals surface area contributed by atoms with Crippen LogP contribution in [0.3, 0.4) is 0 Å². The van der Waals surface area contributed by atoms with Gasteiger partial charge in [0.25, 0.3) is 0 Å². The molecule has 2 amide bonds. The Labute approximate surface area is 153 Å². The topological polar surface area (TPSA) is 108 Å². The third-order valence-electron chi connectivity index (χ3n) is 3.81. The van der Waals surface area contributed by atoms with Crippen LogP contribution in [0.2, 0.25) is 0 Å². The molecule has 0 heterocycles. The fourth-order valence-corrected chi connectivity index (χ4v) is 2.52. The van der Waals surface area contributed by atoms with Gasteiger partial charge < -0.3 is 15.4 Å². The van der Waals surface area contributed by atoms with E-state index < -0.39 is 24.0 Å². The van der Waals surface area contributed by atoms with Crippen LogP contribution in [0.5, 0.6) is 0 Å². The maximum atomic E-state index is 12.6. The molecule has 1 aromatic rings. The van der Waals surface area contributed by atoms with Crippen LogP contribution in [0.15, 0.2) is 30.3 Å². The normalized spacial score (nSPS) is 12.3. The maximum Gasteiger partial charge on any atom is 0.328 e. The SMILES string of the molecule is COC(=O)[C@H](CCCCC#N)NC(=O)[C@@H](Cc1ccccc1)NC(C)=O. The summed E-state index contributed by atoms with van der Waals surface area (Å²) < 4.78 is 4.74. The van der Waals surface area contributed by atoms with Crippen LogP contribution < -0.4 is 10.6 Å². The number of hydrogen-bond acceptors (Lipinski definition) is 5. The van der Waals surface area contributed by atoms with Crippen molar-refractivity contribution < 1.29 is 19.1 Å². The molecule has 0 aliphatic carbocycles. The number of ether oxygens (including phenoxy) is 1. The molecule has 0 aliphatic heterocycles. The van der Waals surface area contributed by atoms with E-state index >= 15 is 0 Å². The van der Waals surface area contributed by atoms with Crippen LogP contribution in [0, 0.1) is 11.3 Å². The van der Waals surface area contributed by atoms with E-state index in [1.165, 1.54) is 14.0 Å². The number of rotatable bonds is 10. The van der Waals surface area contributed by atoms with Crippen molar-refractivity contribution in [2.24, 2.45) is 0 Å². The summed E-state index contributed by atoms with van der Waals surface area (Å²) in [5, 5.41) is 13.9. The van der Waals surface area contributed by atoms with E-state index in [4.69, 9.17) is 10.00 Å². The van der Waals surface area contributed by atoms with Crippen LogP contribution in [0.25, 0.3) is 0 Å². The highest BCUT2D eigenvalue weighted by Crippen LogP contribution is 2.08. The van der Waals surface area contributed by atoms with Gasteiger partial charge in [0.2, 0.25) is 11.8 Å². The Bertz CT molecular complexity index is 640. The van der Waals surface area contributed by atoms with Crippen molar-refractivity contribution in [2.45, 2.75) is 51.1 Å². The monoisotopic (exact) mass is 359 g/mol. The number of carbonyl (C=O) groups is 3. The van der Waals surface area contributed by atoms with Crippen molar-refractivity contribution in [3.63, 3.8) is 0 Å². The largest absolute Gasteiger partial charge is 0.467 e. The van der Waals surface area contributed by atoms with Gasteiger partial charge in [0.1, 0.15) is 12.1 Å². The van der Waals surface area contributed by atoms with Crippen molar-refractivity contribution >= 4 is 17.8 Å². The number of amides is 2. The fourth-order valence-electron chi connectivity index (χ4n) is 2.52. The maximum absolute atomic E-state index is 12.6. The van der Waals surface area contributed by atoms with Crippen molar-refractivity contribution in [3.05, 3.63) is 35.9 Å². The third-order valence-corrected chi connectivity index (χ3v) is 3.81. The zero-order chi connectivity index (χ0) is 19.4. The number of nitriles is 1. The molecular weight excluding hydrogens is 334 g/mol. The number of methoxy groups -OCH3 is 1. The molecule has 0 unspecified atom stereocenters. The first kappa shape index (κ1) is 21.2. The molecule has 0 aliphatic rings. The van der Waals surface area contributed by atoms with Crippen LogP contribution in [0.1, 0.15) is 38.2 Å². The predicted molar refractivity (Wildman–Crippen MR) is 95.8 cm³/mol. The van der Waals surface area contributed by atoms with Crippen LogP contribution >= 0.6 is 0 Å². The molecule has 7 heteroatoms. The summed E-state index contributed by atoms with van der Waals surface area (Å²) in [6, 6.07) is 9.74. The third kappa shape index (κ3) is 7.79. The highest BCUT2D eigenvalue weighted by Gasteiger charge is 2.26. The number of nitrogens with zero attached hydrogens (tertiary/aromatic N) is 1. The molecule has 1 aromatic carbocycles. The van der Waals surface area contributed by atoms with Crippen LogP contribution in [-0.4, -0.2) is 37.0 Å². The number of nitrogens with one attached hydrogen (secondary N) is 2.